The second-order valence-corrected chi connectivity index (χ2v) is 8.02. The van der Waals surface area contributed by atoms with E-state index < -0.39 is 5.92 Å². The van der Waals surface area contributed by atoms with Gasteiger partial charge in [-0.25, -0.2) is 0 Å². The van der Waals surface area contributed by atoms with Crippen LogP contribution in [0.1, 0.15) is 34.2 Å². The minimum absolute atomic E-state index is 0.262. The molecule has 0 bridgehead atoms. The van der Waals surface area contributed by atoms with Crippen LogP contribution >= 0.6 is 0 Å². The van der Waals surface area contributed by atoms with Gasteiger partial charge in [0.1, 0.15) is 5.92 Å². The van der Waals surface area contributed by atoms with E-state index in [0.717, 1.165) is 33.4 Å². The summed E-state index contributed by atoms with van der Waals surface area (Å²) in [5, 5.41) is 13.3. The fourth-order valence-corrected chi connectivity index (χ4v) is 4.72. The van der Waals surface area contributed by atoms with Crippen LogP contribution in [0.5, 0.6) is 0 Å². The highest BCUT2D eigenvalue weighted by atomic mass is 16.2. The predicted molar refractivity (Wildman–Crippen MR) is 126 cm³/mol. The van der Waals surface area contributed by atoms with Gasteiger partial charge in [-0.15, -0.1) is 0 Å². The normalized spacial score (nSPS) is 13.1. The van der Waals surface area contributed by atoms with Crippen molar-refractivity contribution in [2.24, 2.45) is 5.92 Å². The fourth-order valence-electron chi connectivity index (χ4n) is 4.72. The maximum atomic E-state index is 13.6. The Morgan fingerprint density at radius 3 is 1.59 bits per heavy atom. The second kappa shape index (κ2) is 8.53. The van der Waals surface area contributed by atoms with Crippen LogP contribution in [0.3, 0.4) is 0 Å². The minimum Gasteiger partial charge on any atom is -0.344 e. The summed E-state index contributed by atoms with van der Waals surface area (Å²) in [4.78, 5) is 13.6. The largest absolute Gasteiger partial charge is 0.344 e. The molecule has 0 aliphatic heterocycles. The zero-order chi connectivity index (χ0) is 21.9. The highest BCUT2D eigenvalue weighted by Crippen LogP contribution is 2.48. The van der Waals surface area contributed by atoms with E-state index in [-0.39, 0.29) is 17.9 Å². The monoisotopic (exact) mass is 414 g/mol. The molecule has 0 heterocycles. The summed E-state index contributed by atoms with van der Waals surface area (Å²) in [6.45, 7) is 0. The van der Waals surface area contributed by atoms with Crippen LogP contribution in [0, 0.1) is 17.2 Å². The highest BCUT2D eigenvalue weighted by molar-refractivity contribution is 5.88. The van der Waals surface area contributed by atoms with Crippen molar-refractivity contribution < 1.29 is 4.79 Å². The van der Waals surface area contributed by atoms with Crippen LogP contribution < -0.4 is 5.32 Å². The molecule has 1 aliphatic carbocycles. The number of amides is 1. The summed E-state index contributed by atoms with van der Waals surface area (Å²) in [6, 6.07) is 37.9. The van der Waals surface area contributed by atoms with Crippen molar-refractivity contribution in [1.82, 2.24) is 5.32 Å². The molecule has 0 saturated heterocycles. The summed E-state index contributed by atoms with van der Waals surface area (Å²) < 4.78 is 0. The third kappa shape index (κ3) is 3.46. The van der Waals surface area contributed by atoms with E-state index in [1.54, 1.807) is 0 Å². The number of carbonyl (C=O) groups is 1. The van der Waals surface area contributed by atoms with Crippen LogP contribution in [0.4, 0.5) is 0 Å². The van der Waals surface area contributed by atoms with Gasteiger partial charge in [-0.1, -0.05) is 109 Å². The maximum absolute atomic E-state index is 13.6. The van der Waals surface area contributed by atoms with E-state index in [9.17, 15) is 10.1 Å². The Hall–Kier alpha value is -4.16. The van der Waals surface area contributed by atoms with Crippen molar-refractivity contribution in [3.05, 3.63) is 131 Å². The molecule has 1 N–H and O–H groups in total. The third-order valence-corrected chi connectivity index (χ3v) is 6.19. The molecular formula is C29H22N2O. The first-order valence-corrected chi connectivity index (χ1v) is 10.8. The smallest absolute Gasteiger partial charge is 0.239 e. The number of carbonyl (C=O) groups excluding carboxylic acids is 1. The number of benzene rings is 4. The van der Waals surface area contributed by atoms with Crippen molar-refractivity contribution >= 4 is 5.91 Å². The number of nitriles is 1. The lowest BCUT2D eigenvalue weighted by atomic mass is 9.84. The number of nitrogens with zero attached hydrogens (tertiary/aromatic N) is 1. The van der Waals surface area contributed by atoms with Gasteiger partial charge in [-0.05, 0) is 33.4 Å². The minimum atomic E-state index is -0.838. The van der Waals surface area contributed by atoms with E-state index in [2.05, 4.69) is 23.5 Å². The average molecular weight is 415 g/mol. The first-order chi connectivity index (χ1) is 15.8. The molecule has 1 unspecified atom stereocenters. The third-order valence-electron chi connectivity index (χ3n) is 6.19. The molecule has 1 atom stereocenters. The van der Waals surface area contributed by atoms with Crippen molar-refractivity contribution in [2.45, 2.75) is 12.0 Å². The summed E-state index contributed by atoms with van der Waals surface area (Å²) in [5.41, 5.74) is 6.23. The average Bonchev–Trinajstić information content (AvgIpc) is 3.19. The lowest BCUT2D eigenvalue weighted by Crippen LogP contribution is -2.36. The van der Waals surface area contributed by atoms with E-state index in [0.29, 0.717) is 0 Å². The van der Waals surface area contributed by atoms with Crippen LogP contribution in [-0.2, 0) is 4.79 Å². The van der Waals surface area contributed by atoms with Crippen molar-refractivity contribution in [1.29, 1.82) is 5.26 Å². The van der Waals surface area contributed by atoms with Crippen molar-refractivity contribution in [3.8, 4) is 17.2 Å². The van der Waals surface area contributed by atoms with Gasteiger partial charge in [0.2, 0.25) is 5.91 Å². The van der Waals surface area contributed by atoms with Gasteiger partial charge in [-0.3, -0.25) is 4.79 Å². The molecule has 3 nitrogen and oxygen atoms in total. The van der Waals surface area contributed by atoms with E-state index in [1.165, 1.54) is 0 Å². The van der Waals surface area contributed by atoms with E-state index in [4.69, 9.17) is 0 Å². The number of rotatable bonds is 5. The first-order valence-electron chi connectivity index (χ1n) is 10.8. The van der Waals surface area contributed by atoms with E-state index >= 15 is 0 Å². The first kappa shape index (κ1) is 19.8. The number of hydrogen-bond donors (Lipinski definition) is 1. The van der Waals surface area contributed by atoms with Gasteiger partial charge >= 0.3 is 0 Å². The van der Waals surface area contributed by atoms with Crippen molar-refractivity contribution in [3.63, 3.8) is 0 Å². The standard InChI is InChI=1S/C29H22N2O/c30-19-26(27-24-17-9-7-15-22(24)23-16-8-10-18-25(23)27)29(32)31-28(20-11-3-1-4-12-20)21-13-5-2-6-14-21/h1-18,26-28H,(H,31,32). The summed E-state index contributed by atoms with van der Waals surface area (Å²) in [6.07, 6.45) is 0. The Labute approximate surface area is 188 Å². The highest BCUT2D eigenvalue weighted by Gasteiger charge is 2.38. The molecule has 1 aliphatic rings. The molecule has 0 radical (unpaired) electrons. The Kier molecular flexibility index (Phi) is 5.27. The Balaban J connectivity index is 1.52. The Morgan fingerprint density at radius 1 is 0.688 bits per heavy atom. The Bertz CT molecular complexity index is 1210. The molecule has 0 aromatic heterocycles. The van der Waals surface area contributed by atoms with Crippen LogP contribution in [0.2, 0.25) is 0 Å². The van der Waals surface area contributed by atoms with Crippen molar-refractivity contribution in [2.75, 3.05) is 0 Å². The molecular weight excluding hydrogens is 392 g/mol. The molecule has 4 aromatic carbocycles. The molecule has 4 aromatic rings. The van der Waals surface area contributed by atoms with Gasteiger partial charge in [0.05, 0.1) is 12.1 Å². The fraction of sp³-hybridized carbons (Fsp3) is 0.103. The topological polar surface area (TPSA) is 52.9 Å². The molecule has 0 fully saturated rings. The predicted octanol–water partition coefficient (Wildman–Crippen LogP) is 5.84. The van der Waals surface area contributed by atoms with Crippen LogP contribution in [0.25, 0.3) is 11.1 Å². The zero-order valence-electron chi connectivity index (χ0n) is 17.5. The molecule has 0 saturated carbocycles. The molecule has 0 spiro atoms. The van der Waals surface area contributed by atoms with Gasteiger partial charge in [0, 0.05) is 5.92 Å². The van der Waals surface area contributed by atoms with Crippen LogP contribution in [0.15, 0.2) is 109 Å². The van der Waals surface area contributed by atoms with Gasteiger partial charge in [-0.2, -0.15) is 5.26 Å². The Morgan fingerprint density at radius 2 is 1.12 bits per heavy atom. The van der Waals surface area contributed by atoms with Crippen LogP contribution in [-0.4, -0.2) is 5.91 Å². The summed E-state index contributed by atoms with van der Waals surface area (Å²) >= 11 is 0. The molecule has 3 heteroatoms. The molecule has 1 amide bonds. The van der Waals surface area contributed by atoms with Gasteiger partial charge in [0.15, 0.2) is 0 Å². The summed E-state index contributed by atoms with van der Waals surface area (Å²) in [5.74, 6) is -1.39. The molecule has 32 heavy (non-hydrogen) atoms. The van der Waals surface area contributed by atoms with E-state index in [1.807, 2.05) is 97.1 Å². The number of hydrogen-bond acceptors (Lipinski definition) is 2. The SMILES string of the molecule is N#CC(C(=O)NC(c1ccccc1)c1ccccc1)C1c2ccccc2-c2ccccc21. The number of fused-ring (bicyclic) bond motifs is 3. The van der Waals surface area contributed by atoms with Gasteiger partial charge in [0.25, 0.3) is 0 Å². The zero-order valence-corrected chi connectivity index (χ0v) is 17.5. The quantitative estimate of drug-likeness (QED) is 0.446. The number of nitrogens with one attached hydrogen (secondary N) is 1. The lowest BCUT2D eigenvalue weighted by Gasteiger charge is -2.24. The molecule has 154 valence electrons. The molecule has 5 rings (SSSR count). The maximum Gasteiger partial charge on any atom is 0.239 e. The van der Waals surface area contributed by atoms with Gasteiger partial charge < -0.3 is 5.32 Å². The second-order valence-electron chi connectivity index (χ2n) is 8.02. The summed E-state index contributed by atoms with van der Waals surface area (Å²) in [7, 11) is 0. The lowest BCUT2D eigenvalue weighted by molar-refractivity contribution is -0.124.